The zero-order valence-electron chi connectivity index (χ0n) is 12.8. The first-order valence-electron chi connectivity index (χ1n) is 7.24. The summed E-state index contributed by atoms with van der Waals surface area (Å²) in [5.74, 6) is -1.18. The second-order valence-electron chi connectivity index (χ2n) is 5.02. The van der Waals surface area contributed by atoms with Gasteiger partial charge in [-0.15, -0.1) is 0 Å². The molecule has 1 heterocycles. The average Bonchev–Trinajstić information content (AvgIpc) is 2.53. The first kappa shape index (κ1) is 19.1. The standard InChI is InChI=1S/C16H14ClF4NO3/c17-12-7-10(3-4-14(12)23)24-5-1-2-6-25-15-8-13(18)11(9-22-15)16(19,20)21/h3-4,7-9,23H,1-2,5-6H2. The van der Waals surface area contributed by atoms with Gasteiger partial charge in [-0.3, -0.25) is 0 Å². The molecule has 0 amide bonds. The lowest BCUT2D eigenvalue weighted by atomic mass is 10.2. The molecule has 1 aromatic carbocycles. The molecule has 1 N–H and O–H groups in total. The summed E-state index contributed by atoms with van der Waals surface area (Å²) in [6.45, 7) is 0.497. The van der Waals surface area contributed by atoms with Gasteiger partial charge < -0.3 is 14.6 Å². The van der Waals surface area contributed by atoms with Gasteiger partial charge in [-0.1, -0.05) is 11.6 Å². The van der Waals surface area contributed by atoms with Crippen LogP contribution in [0.15, 0.2) is 30.5 Å². The third-order valence-corrected chi connectivity index (χ3v) is 3.41. The highest BCUT2D eigenvalue weighted by molar-refractivity contribution is 6.32. The van der Waals surface area contributed by atoms with Crippen LogP contribution in [0.1, 0.15) is 18.4 Å². The number of benzene rings is 1. The Labute approximate surface area is 146 Å². The Bertz CT molecular complexity index is 725. The minimum atomic E-state index is -4.79. The Morgan fingerprint density at radius 1 is 1.08 bits per heavy atom. The summed E-state index contributed by atoms with van der Waals surface area (Å²) >= 11 is 5.74. The van der Waals surface area contributed by atoms with E-state index in [-0.39, 0.29) is 23.3 Å². The molecule has 0 aliphatic carbocycles. The second-order valence-corrected chi connectivity index (χ2v) is 5.42. The topological polar surface area (TPSA) is 51.6 Å². The van der Waals surface area contributed by atoms with Crippen molar-refractivity contribution in [1.29, 1.82) is 0 Å². The first-order valence-corrected chi connectivity index (χ1v) is 7.62. The molecule has 2 rings (SSSR count). The molecule has 1 aromatic heterocycles. The maximum Gasteiger partial charge on any atom is 0.420 e. The second kappa shape index (κ2) is 8.24. The van der Waals surface area contributed by atoms with Gasteiger partial charge in [0.2, 0.25) is 5.88 Å². The van der Waals surface area contributed by atoms with E-state index in [0.717, 1.165) is 0 Å². The molecular formula is C16H14ClF4NO3. The Morgan fingerprint density at radius 3 is 2.36 bits per heavy atom. The minimum absolute atomic E-state index is 0.0429. The summed E-state index contributed by atoms with van der Waals surface area (Å²) in [7, 11) is 0. The summed E-state index contributed by atoms with van der Waals surface area (Å²) in [5.41, 5.74) is -1.43. The monoisotopic (exact) mass is 379 g/mol. The molecule has 0 aliphatic heterocycles. The summed E-state index contributed by atoms with van der Waals surface area (Å²) in [4.78, 5) is 3.44. The molecule has 0 saturated carbocycles. The van der Waals surface area contributed by atoms with Gasteiger partial charge in [0.15, 0.2) is 0 Å². The molecule has 0 atom stereocenters. The number of pyridine rings is 1. The number of unbranched alkanes of at least 4 members (excludes halogenated alkanes) is 1. The van der Waals surface area contributed by atoms with Gasteiger partial charge in [-0.05, 0) is 25.0 Å². The Kier molecular flexibility index (Phi) is 6.30. The van der Waals surface area contributed by atoms with Crippen molar-refractivity contribution in [1.82, 2.24) is 4.98 Å². The van der Waals surface area contributed by atoms with Crippen molar-refractivity contribution < 1.29 is 32.1 Å². The van der Waals surface area contributed by atoms with Crippen LogP contribution in [0.2, 0.25) is 5.02 Å². The Morgan fingerprint density at radius 2 is 1.76 bits per heavy atom. The number of halogens is 5. The van der Waals surface area contributed by atoms with Gasteiger partial charge >= 0.3 is 6.18 Å². The van der Waals surface area contributed by atoms with Crippen molar-refractivity contribution in [3.63, 3.8) is 0 Å². The van der Waals surface area contributed by atoms with E-state index in [1.165, 1.54) is 12.1 Å². The van der Waals surface area contributed by atoms with Crippen molar-refractivity contribution >= 4 is 11.6 Å². The number of ether oxygens (including phenoxy) is 2. The van der Waals surface area contributed by atoms with Crippen LogP contribution in [0, 0.1) is 5.82 Å². The summed E-state index contributed by atoms with van der Waals surface area (Å²) in [5, 5.41) is 9.45. The van der Waals surface area contributed by atoms with E-state index in [9.17, 15) is 22.7 Å². The lowest BCUT2D eigenvalue weighted by Crippen LogP contribution is -2.10. The Balaban J connectivity index is 1.71. The summed E-state index contributed by atoms with van der Waals surface area (Å²) in [6.07, 6.45) is -3.27. The molecule has 9 heteroatoms. The van der Waals surface area contributed by atoms with E-state index in [2.05, 4.69) is 4.98 Å². The fraction of sp³-hybridized carbons (Fsp3) is 0.312. The van der Waals surface area contributed by atoms with Crippen LogP contribution in [0.3, 0.4) is 0 Å². The lowest BCUT2D eigenvalue weighted by molar-refractivity contribution is -0.140. The number of rotatable bonds is 7. The molecule has 0 saturated heterocycles. The number of phenols is 1. The Hall–Kier alpha value is -2.22. The van der Waals surface area contributed by atoms with Crippen LogP contribution in [0.5, 0.6) is 17.4 Å². The number of nitrogens with zero attached hydrogens (tertiary/aromatic N) is 1. The molecule has 0 aliphatic rings. The van der Waals surface area contributed by atoms with Crippen LogP contribution >= 0.6 is 11.6 Å². The van der Waals surface area contributed by atoms with Gasteiger partial charge in [0.25, 0.3) is 0 Å². The van der Waals surface area contributed by atoms with Crippen LogP contribution in [0.4, 0.5) is 17.6 Å². The highest BCUT2D eigenvalue weighted by Crippen LogP contribution is 2.31. The molecule has 0 unspecified atom stereocenters. The van der Waals surface area contributed by atoms with Crippen molar-refractivity contribution in [2.24, 2.45) is 0 Å². The van der Waals surface area contributed by atoms with Crippen LogP contribution in [-0.4, -0.2) is 23.3 Å². The molecule has 0 bridgehead atoms. The average molecular weight is 380 g/mol. The van der Waals surface area contributed by atoms with Crippen LogP contribution < -0.4 is 9.47 Å². The van der Waals surface area contributed by atoms with Crippen molar-refractivity contribution in [2.45, 2.75) is 19.0 Å². The van der Waals surface area contributed by atoms with Crippen molar-refractivity contribution in [2.75, 3.05) is 13.2 Å². The molecule has 2 aromatic rings. The maximum atomic E-state index is 13.3. The predicted octanol–water partition coefficient (Wildman–Crippen LogP) is 4.84. The van der Waals surface area contributed by atoms with E-state index >= 15 is 0 Å². The molecule has 0 radical (unpaired) electrons. The normalized spacial score (nSPS) is 11.4. The van der Waals surface area contributed by atoms with E-state index < -0.39 is 17.6 Å². The smallest absolute Gasteiger partial charge is 0.420 e. The maximum absolute atomic E-state index is 13.3. The third-order valence-electron chi connectivity index (χ3n) is 3.11. The van der Waals surface area contributed by atoms with E-state index in [1.807, 2.05) is 0 Å². The summed E-state index contributed by atoms with van der Waals surface area (Å²) in [6, 6.07) is 5.05. The van der Waals surface area contributed by atoms with Crippen molar-refractivity contribution in [3.05, 3.63) is 46.9 Å². The minimum Gasteiger partial charge on any atom is -0.506 e. The van der Waals surface area contributed by atoms with E-state index in [0.29, 0.717) is 37.5 Å². The molecule has 136 valence electrons. The van der Waals surface area contributed by atoms with Crippen LogP contribution in [-0.2, 0) is 6.18 Å². The third kappa shape index (κ3) is 5.67. The van der Waals surface area contributed by atoms with Crippen LogP contribution in [0.25, 0.3) is 0 Å². The number of hydrogen-bond acceptors (Lipinski definition) is 4. The largest absolute Gasteiger partial charge is 0.506 e. The van der Waals surface area contributed by atoms with E-state index in [1.54, 1.807) is 6.07 Å². The van der Waals surface area contributed by atoms with E-state index in [4.69, 9.17) is 21.1 Å². The number of alkyl halides is 3. The van der Waals surface area contributed by atoms with Gasteiger partial charge in [-0.2, -0.15) is 13.2 Å². The number of aromatic nitrogens is 1. The quantitative estimate of drug-likeness (QED) is 0.552. The SMILES string of the molecule is Oc1ccc(OCCCCOc2cc(F)c(C(F)(F)F)cn2)cc1Cl. The number of phenolic OH excluding ortho intramolecular Hbond substituents is 1. The molecule has 0 fully saturated rings. The molecule has 25 heavy (non-hydrogen) atoms. The highest BCUT2D eigenvalue weighted by atomic mass is 35.5. The molecular weight excluding hydrogens is 366 g/mol. The highest BCUT2D eigenvalue weighted by Gasteiger charge is 2.34. The summed E-state index contributed by atoms with van der Waals surface area (Å²) < 4.78 is 61.1. The fourth-order valence-electron chi connectivity index (χ4n) is 1.85. The van der Waals surface area contributed by atoms with Crippen molar-refractivity contribution in [3.8, 4) is 17.4 Å². The molecule has 4 nitrogen and oxygen atoms in total. The van der Waals surface area contributed by atoms with Gasteiger partial charge in [0.05, 0.1) is 18.2 Å². The predicted molar refractivity (Wildman–Crippen MR) is 82.5 cm³/mol. The first-order chi connectivity index (χ1) is 11.8. The van der Waals surface area contributed by atoms with Gasteiger partial charge in [-0.25, -0.2) is 9.37 Å². The number of aromatic hydroxyl groups is 1. The lowest BCUT2D eigenvalue weighted by Gasteiger charge is -2.10. The molecule has 0 spiro atoms. The number of hydrogen-bond donors (Lipinski definition) is 1. The zero-order chi connectivity index (χ0) is 18.4. The van der Waals surface area contributed by atoms with Gasteiger partial charge in [0, 0.05) is 18.3 Å². The zero-order valence-corrected chi connectivity index (χ0v) is 13.6. The fourth-order valence-corrected chi connectivity index (χ4v) is 2.02. The van der Waals surface area contributed by atoms with Gasteiger partial charge in [0.1, 0.15) is 22.9 Å².